The molecule has 5 nitrogen and oxygen atoms in total. The van der Waals surface area contributed by atoms with Crippen molar-refractivity contribution in [3.8, 4) is 11.5 Å². The molecule has 0 atom stereocenters. The Balaban J connectivity index is 1.50. The molecule has 0 spiro atoms. The molecule has 0 aliphatic rings. The van der Waals surface area contributed by atoms with Gasteiger partial charge >= 0.3 is 0 Å². The van der Waals surface area contributed by atoms with E-state index in [9.17, 15) is 4.79 Å². The second kappa shape index (κ2) is 7.75. The van der Waals surface area contributed by atoms with Crippen LogP contribution in [-0.2, 0) is 17.8 Å². The van der Waals surface area contributed by atoms with E-state index in [0.717, 1.165) is 11.1 Å². The van der Waals surface area contributed by atoms with Crippen LogP contribution >= 0.6 is 11.6 Å². The quantitative estimate of drug-likeness (QED) is 0.743. The van der Waals surface area contributed by atoms with Crippen molar-refractivity contribution in [3.05, 3.63) is 71.1 Å². The van der Waals surface area contributed by atoms with Gasteiger partial charge in [0.2, 0.25) is 17.7 Å². The summed E-state index contributed by atoms with van der Waals surface area (Å²) in [7, 11) is 0. The van der Waals surface area contributed by atoms with Crippen molar-refractivity contribution in [3.63, 3.8) is 0 Å². The topological polar surface area (TPSA) is 68.0 Å². The van der Waals surface area contributed by atoms with E-state index in [1.54, 1.807) is 24.3 Å². The third-order valence-corrected chi connectivity index (χ3v) is 3.73. The molecule has 0 bridgehead atoms. The number of benzene rings is 2. The zero-order chi connectivity index (χ0) is 16.8. The molecule has 0 saturated heterocycles. The number of carbonyl (C=O) groups is 1. The number of halogens is 1. The molecule has 6 heteroatoms. The van der Waals surface area contributed by atoms with E-state index in [1.165, 1.54) is 0 Å². The van der Waals surface area contributed by atoms with Gasteiger partial charge in [-0.05, 0) is 36.2 Å². The highest BCUT2D eigenvalue weighted by Gasteiger charge is 2.10. The van der Waals surface area contributed by atoms with Crippen LogP contribution in [0.1, 0.15) is 17.9 Å². The number of nitrogens with one attached hydrogen (secondary N) is 1. The minimum absolute atomic E-state index is 0.0508. The average Bonchev–Trinajstić information content (AvgIpc) is 3.09. The lowest BCUT2D eigenvalue weighted by atomic mass is 10.1. The fourth-order valence-corrected chi connectivity index (χ4v) is 2.33. The first-order chi connectivity index (χ1) is 11.7. The fraction of sp³-hybridized carbons (Fsp3) is 0.167. The van der Waals surface area contributed by atoms with Gasteiger partial charge in [-0.15, -0.1) is 10.2 Å². The minimum Gasteiger partial charge on any atom is -0.419 e. The Labute approximate surface area is 144 Å². The van der Waals surface area contributed by atoms with Gasteiger partial charge in [-0.25, -0.2) is 0 Å². The number of rotatable bonds is 6. The minimum atomic E-state index is -0.0508. The second-order valence-electron chi connectivity index (χ2n) is 5.27. The largest absolute Gasteiger partial charge is 0.419 e. The molecule has 0 unspecified atom stereocenters. The van der Waals surface area contributed by atoms with Crippen molar-refractivity contribution in [2.45, 2.75) is 19.4 Å². The molecule has 0 saturated carbocycles. The number of hydrogen-bond acceptors (Lipinski definition) is 4. The van der Waals surface area contributed by atoms with Gasteiger partial charge in [-0.3, -0.25) is 4.79 Å². The molecule has 1 N–H and O–H groups in total. The van der Waals surface area contributed by atoms with Crippen molar-refractivity contribution in [2.75, 3.05) is 0 Å². The Morgan fingerprint density at radius 1 is 1.04 bits per heavy atom. The van der Waals surface area contributed by atoms with Gasteiger partial charge in [-0.1, -0.05) is 41.9 Å². The van der Waals surface area contributed by atoms with Crippen LogP contribution in [0.5, 0.6) is 0 Å². The molecule has 1 amide bonds. The Kier molecular flexibility index (Phi) is 5.23. The normalized spacial score (nSPS) is 10.5. The number of hydrogen-bond donors (Lipinski definition) is 1. The molecule has 122 valence electrons. The molecule has 3 rings (SSSR count). The number of amides is 1. The summed E-state index contributed by atoms with van der Waals surface area (Å²) in [4.78, 5) is 11.9. The summed E-state index contributed by atoms with van der Waals surface area (Å²) < 4.78 is 5.54. The van der Waals surface area contributed by atoms with Gasteiger partial charge in [0, 0.05) is 17.0 Å². The standard InChI is InChI=1S/C18H16ClN3O2/c19-15-9-7-14(8-10-15)18-22-21-17(24-18)12-20-16(23)11-6-13-4-2-1-3-5-13/h1-5,7-10H,6,11-12H2,(H,20,23). The van der Waals surface area contributed by atoms with Gasteiger partial charge in [0.15, 0.2) is 0 Å². The van der Waals surface area contributed by atoms with Gasteiger partial charge in [0.05, 0.1) is 6.54 Å². The van der Waals surface area contributed by atoms with Gasteiger partial charge in [-0.2, -0.15) is 0 Å². The number of carbonyl (C=O) groups excluding carboxylic acids is 1. The molecule has 2 aromatic carbocycles. The van der Waals surface area contributed by atoms with Crippen LogP contribution < -0.4 is 5.32 Å². The second-order valence-corrected chi connectivity index (χ2v) is 5.71. The van der Waals surface area contributed by atoms with Crippen LogP contribution in [-0.4, -0.2) is 16.1 Å². The molecular formula is C18H16ClN3O2. The summed E-state index contributed by atoms with van der Waals surface area (Å²) in [5.74, 6) is 0.721. The summed E-state index contributed by atoms with van der Waals surface area (Å²) in [6.07, 6.45) is 1.12. The number of aromatic nitrogens is 2. The first-order valence-corrected chi connectivity index (χ1v) is 7.97. The molecule has 3 aromatic rings. The molecule has 0 aliphatic carbocycles. The monoisotopic (exact) mass is 341 g/mol. The SMILES string of the molecule is O=C(CCc1ccccc1)NCc1nnc(-c2ccc(Cl)cc2)o1. The Morgan fingerprint density at radius 2 is 1.79 bits per heavy atom. The van der Waals surface area contributed by atoms with Crippen molar-refractivity contribution in [1.82, 2.24) is 15.5 Å². The van der Waals surface area contributed by atoms with E-state index in [0.29, 0.717) is 29.6 Å². The summed E-state index contributed by atoms with van der Waals surface area (Å²) in [5, 5.41) is 11.3. The summed E-state index contributed by atoms with van der Waals surface area (Å²) in [5.41, 5.74) is 1.92. The van der Waals surface area contributed by atoms with Gasteiger partial charge in [0.25, 0.3) is 0 Å². The molecular weight excluding hydrogens is 326 g/mol. The highest BCUT2D eigenvalue weighted by atomic mass is 35.5. The van der Waals surface area contributed by atoms with Crippen molar-refractivity contribution in [2.24, 2.45) is 0 Å². The molecule has 0 aliphatic heterocycles. The molecule has 0 fully saturated rings. The maximum atomic E-state index is 11.9. The van der Waals surface area contributed by atoms with Crippen LogP contribution in [0.3, 0.4) is 0 Å². The predicted octanol–water partition coefficient (Wildman–Crippen LogP) is 3.64. The third-order valence-electron chi connectivity index (χ3n) is 3.48. The average molecular weight is 342 g/mol. The van der Waals surface area contributed by atoms with Crippen LogP contribution in [0.25, 0.3) is 11.5 Å². The van der Waals surface area contributed by atoms with E-state index >= 15 is 0 Å². The van der Waals surface area contributed by atoms with Crippen LogP contribution in [0.4, 0.5) is 0 Å². The highest BCUT2D eigenvalue weighted by Crippen LogP contribution is 2.20. The number of nitrogens with zero attached hydrogens (tertiary/aromatic N) is 2. The summed E-state index contributed by atoms with van der Waals surface area (Å²) >= 11 is 5.85. The summed E-state index contributed by atoms with van der Waals surface area (Å²) in [6.45, 7) is 0.216. The predicted molar refractivity (Wildman–Crippen MR) is 91.4 cm³/mol. The molecule has 1 heterocycles. The molecule has 0 radical (unpaired) electrons. The zero-order valence-corrected chi connectivity index (χ0v) is 13.7. The Bertz CT molecular complexity index is 801. The fourth-order valence-electron chi connectivity index (χ4n) is 2.20. The zero-order valence-electron chi connectivity index (χ0n) is 12.9. The van der Waals surface area contributed by atoms with Crippen LogP contribution in [0, 0.1) is 0 Å². The van der Waals surface area contributed by atoms with Crippen molar-refractivity contribution < 1.29 is 9.21 Å². The lowest BCUT2D eigenvalue weighted by Crippen LogP contribution is -2.23. The Hall–Kier alpha value is -2.66. The summed E-state index contributed by atoms with van der Waals surface area (Å²) in [6, 6.07) is 17.0. The van der Waals surface area contributed by atoms with E-state index < -0.39 is 0 Å². The smallest absolute Gasteiger partial charge is 0.247 e. The highest BCUT2D eigenvalue weighted by molar-refractivity contribution is 6.30. The van der Waals surface area contributed by atoms with E-state index in [-0.39, 0.29) is 12.5 Å². The third kappa shape index (κ3) is 4.43. The first kappa shape index (κ1) is 16.2. The lowest BCUT2D eigenvalue weighted by Gasteiger charge is -2.02. The van der Waals surface area contributed by atoms with E-state index in [4.69, 9.17) is 16.0 Å². The molecule has 24 heavy (non-hydrogen) atoms. The first-order valence-electron chi connectivity index (χ1n) is 7.59. The van der Waals surface area contributed by atoms with Crippen LogP contribution in [0.15, 0.2) is 59.0 Å². The maximum Gasteiger partial charge on any atom is 0.247 e. The van der Waals surface area contributed by atoms with Gasteiger partial charge in [0.1, 0.15) is 0 Å². The Morgan fingerprint density at radius 3 is 2.54 bits per heavy atom. The van der Waals surface area contributed by atoms with E-state index in [1.807, 2.05) is 30.3 Å². The molecule has 1 aromatic heterocycles. The lowest BCUT2D eigenvalue weighted by molar-refractivity contribution is -0.121. The maximum absolute atomic E-state index is 11.9. The van der Waals surface area contributed by atoms with Crippen molar-refractivity contribution in [1.29, 1.82) is 0 Å². The van der Waals surface area contributed by atoms with Crippen molar-refractivity contribution >= 4 is 17.5 Å². The van der Waals surface area contributed by atoms with Crippen LogP contribution in [0.2, 0.25) is 5.02 Å². The van der Waals surface area contributed by atoms with Gasteiger partial charge < -0.3 is 9.73 Å². The van der Waals surface area contributed by atoms with E-state index in [2.05, 4.69) is 15.5 Å². The number of aryl methyl sites for hydroxylation is 1.